The second kappa shape index (κ2) is 10.7. The van der Waals surface area contributed by atoms with Crippen LogP contribution in [0.1, 0.15) is 0 Å². The Morgan fingerprint density at radius 3 is 2.86 bits per heavy atom. The molecule has 3 rings (SSSR count). The number of tetrazole rings is 1. The number of hydrogen-bond donors (Lipinski definition) is 1. The summed E-state index contributed by atoms with van der Waals surface area (Å²) in [4.78, 5) is 37.2. The molecule has 3 heterocycles. The van der Waals surface area contributed by atoms with Gasteiger partial charge in [-0.2, -0.15) is 5.26 Å². The van der Waals surface area contributed by atoms with Crippen LogP contribution in [0.3, 0.4) is 0 Å². The van der Waals surface area contributed by atoms with Crippen molar-refractivity contribution in [2.45, 2.75) is 16.6 Å². The van der Waals surface area contributed by atoms with Crippen molar-refractivity contribution >= 4 is 53.1 Å². The largest absolute Gasteiger partial charge is 1.00 e. The van der Waals surface area contributed by atoms with Crippen molar-refractivity contribution in [3.8, 4) is 6.07 Å². The molecule has 1 aromatic rings. The van der Waals surface area contributed by atoms with Crippen LogP contribution in [0.15, 0.2) is 16.4 Å². The van der Waals surface area contributed by atoms with Crippen LogP contribution in [0.4, 0.5) is 0 Å². The van der Waals surface area contributed by atoms with Crippen LogP contribution in [0.25, 0.3) is 0 Å². The Balaban J connectivity index is 0.00000300. The van der Waals surface area contributed by atoms with Crippen molar-refractivity contribution in [1.29, 1.82) is 5.26 Å². The first-order chi connectivity index (χ1) is 13.4. The van der Waals surface area contributed by atoms with E-state index in [1.54, 1.807) is 7.05 Å². The minimum absolute atomic E-state index is 0. The molecule has 0 aromatic carbocycles. The number of carboxylic acids is 1. The Hall–Kier alpha value is -1.24. The number of rotatable bonds is 8. The van der Waals surface area contributed by atoms with Crippen molar-refractivity contribution in [3.63, 3.8) is 0 Å². The van der Waals surface area contributed by atoms with E-state index in [1.807, 2.05) is 6.07 Å². The van der Waals surface area contributed by atoms with Crippen LogP contribution in [0, 0.1) is 11.3 Å². The molecule has 2 aliphatic heterocycles. The summed E-state index contributed by atoms with van der Waals surface area (Å²) >= 11 is 3.78. The van der Waals surface area contributed by atoms with Gasteiger partial charge >= 0.3 is 29.6 Å². The van der Waals surface area contributed by atoms with Gasteiger partial charge in [0, 0.05) is 18.6 Å². The fourth-order valence-corrected chi connectivity index (χ4v) is 5.48. The average Bonchev–Trinajstić information content (AvgIpc) is 3.08. The van der Waals surface area contributed by atoms with E-state index in [9.17, 15) is 19.5 Å². The van der Waals surface area contributed by atoms with Gasteiger partial charge in [-0.05, 0) is 16.0 Å². The maximum Gasteiger partial charge on any atom is 1.00 e. The van der Waals surface area contributed by atoms with Crippen LogP contribution in [0.2, 0.25) is 0 Å². The number of nitrogens with one attached hydrogen (secondary N) is 1. The smallest absolute Gasteiger partial charge is 0.543 e. The predicted molar refractivity (Wildman–Crippen MR) is 99.5 cm³/mol. The molecule has 0 aliphatic carbocycles. The van der Waals surface area contributed by atoms with Gasteiger partial charge in [0.25, 0.3) is 5.91 Å². The number of carbonyl (C=O) groups is 3. The molecule has 2 amide bonds. The molecular weight excluding hydrogens is 449 g/mol. The van der Waals surface area contributed by atoms with Gasteiger partial charge in [0.15, 0.2) is 0 Å². The number of amides is 2. The maximum absolute atomic E-state index is 12.5. The molecule has 0 spiro atoms. The Kier molecular flexibility index (Phi) is 8.86. The molecule has 1 aromatic heterocycles. The van der Waals surface area contributed by atoms with Gasteiger partial charge < -0.3 is 15.2 Å². The van der Waals surface area contributed by atoms with E-state index in [-0.39, 0.29) is 52.7 Å². The fraction of sp³-hybridized carbons (Fsp3) is 0.500. The third-order valence-electron chi connectivity index (χ3n) is 3.91. The summed E-state index contributed by atoms with van der Waals surface area (Å²) < 4.78 is 1.47. The minimum atomic E-state index is -1.43. The fourth-order valence-electron chi connectivity index (χ4n) is 2.68. The van der Waals surface area contributed by atoms with Crippen molar-refractivity contribution in [2.75, 3.05) is 23.0 Å². The van der Waals surface area contributed by atoms with E-state index in [0.717, 1.165) is 11.8 Å². The number of thioether (sulfide) groups is 3. The minimum Gasteiger partial charge on any atom is -0.543 e. The molecule has 148 valence electrons. The van der Waals surface area contributed by atoms with Crippen LogP contribution in [-0.4, -0.2) is 77.3 Å². The van der Waals surface area contributed by atoms with Gasteiger partial charge in [0.05, 0.1) is 29.2 Å². The topological polar surface area (TPSA) is 157 Å². The normalized spacial score (nSPS) is 20.3. The predicted octanol–water partition coefficient (Wildman–Crippen LogP) is -5.03. The SMILES string of the molecule is Cn1nnnc1SCC1=C(C(=O)[O-])N2C(=O)[C@@H](NC(=O)CSCC#N)[C@H]2SC1.[Na+]. The molecule has 1 fully saturated rings. The zero-order valence-corrected chi connectivity index (χ0v) is 20.0. The quantitative estimate of drug-likeness (QED) is 0.170. The van der Waals surface area contributed by atoms with Crippen LogP contribution in [-0.2, 0) is 21.4 Å². The first kappa shape index (κ1) is 24.0. The number of aliphatic carboxylic acids is 1. The van der Waals surface area contributed by atoms with E-state index in [2.05, 4.69) is 20.8 Å². The summed E-state index contributed by atoms with van der Waals surface area (Å²) in [6, 6.07) is 1.13. The molecule has 2 aliphatic rings. The number of carbonyl (C=O) groups excluding carboxylic acids is 3. The number of carboxylic acid groups (broad SMARTS) is 1. The summed E-state index contributed by atoms with van der Waals surface area (Å²) in [5.41, 5.74) is 0.387. The maximum atomic E-state index is 12.5. The zero-order valence-electron chi connectivity index (χ0n) is 15.5. The van der Waals surface area contributed by atoms with E-state index in [4.69, 9.17) is 5.26 Å². The van der Waals surface area contributed by atoms with E-state index in [0.29, 0.717) is 22.2 Å². The zero-order chi connectivity index (χ0) is 20.3. The van der Waals surface area contributed by atoms with Gasteiger partial charge in [-0.1, -0.05) is 11.8 Å². The summed E-state index contributed by atoms with van der Waals surface area (Å²) in [6.45, 7) is 0. The molecule has 15 heteroatoms. The van der Waals surface area contributed by atoms with Crippen molar-refractivity contribution in [3.05, 3.63) is 11.3 Å². The number of aromatic nitrogens is 4. The molecule has 0 saturated carbocycles. The Morgan fingerprint density at radius 2 is 2.24 bits per heavy atom. The number of nitrogens with zero attached hydrogens (tertiary/aromatic N) is 6. The third kappa shape index (κ3) is 5.28. The van der Waals surface area contributed by atoms with Gasteiger partial charge in [-0.25, -0.2) is 4.68 Å². The molecule has 11 nitrogen and oxygen atoms in total. The standard InChI is InChI=1S/C14H15N7O4S3.Na/c1-20-14(17-18-19-20)28-5-7-4-27-12-9(16-8(22)6-26-3-2-15)11(23)21(12)10(7)13(24)25;/h9,12H,3-6H2,1H3,(H,16,22)(H,24,25);/q;+1/p-1/t9-,12-;/m1./s1. The van der Waals surface area contributed by atoms with Crippen molar-refractivity contribution < 1.29 is 49.0 Å². The molecule has 29 heavy (non-hydrogen) atoms. The average molecular weight is 464 g/mol. The van der Waals surface area contributed by atoms with Gasteiger partial charge in [-0.3, -0.25) is 14.5 Å². The Bertz CT molecular complexity index is 887. The Labute approximate surface area is 200 Å². The van der Waals surface area contributed by atoms with Crippen LogP contribution in [0.5, 0.6) is 0 Å². The van der Waals surface area contributed by atoms with Gasteiger partial charge in [-0.15, -0.1) is 28.6 Å². The first-order valence-corrected chi connectivity index (χ1v) is 11.1. The number of nitriles is 1. The molecule has 1 N–H and O–H groups in total. The Morgan fingerprint density at radius 1 is 1.48 bits per heavy atom. The summed E-state index contributed by atoms with van der Waals surface area (Å²) in [6.07, 6.45) is 0. The van der Waals surface area contributed by atoms with Crippen molar-refractivity contribution in [1.82, 2.24) is 30.4 Å². The van der Waals surface area contributed by atoms with E-state index >= 15 is 0 Å². The third-order valence-corrected chi connectivity index (χ3v) is 7.15. The summed E-state index contributed by atoms with van der Waals surface area (Å²) in [7, 11) is 1.67. The van der Waals surface area contributed by atoms with Gasteiger partial charge in [0.2, 0.25) is 11.1 Å². The molecule has 1 saturated heterocycles. The van der Waals surface area contributed by atoms with E-state index < -0.39 is 23.3 Å². The van der Waals surface area contributed by atoms with Crippen LogP contribution >= 0.6 is 35.3 Å². The van der Waals surface area contributed by atoms with Crippen LogP contribution < -0.4 is 40.0 Å². The monoisotopic (exact) mass is 463 g/mol. The number of hydrogen-bond acceptors (Lipinski definition) is 11. The number of fused-ring (bicyclic) bond motifs is 1. The van der Waals surface area contributed by atoms with E-state index in [1.165, 1.54) is 33.1 Å². The number of aryl methyl sites for hydroxylation is 1. The summed E-state index contributed by atoms with van der Waals surface area (Å²) in [5.74, 6) is -1.37. The van der Waals surface area contributed by atoms with Crippen molar-refractivity contribution in [2.24, 2.45) is 7.05 Å². The molecule has 0 radical (unpaired) electrons. The second-order valence-corrected chi connectivity index (χ2v) is 8.75. The molecule has 2 atom stereocenters. The summed E-state index contributed by atoms with van der Waals surface area (Å²) in [5, 5.41) is 33.9. The molecular formula is C14H14N7NaO4S3. The number of β-lactam (4-membered cyclic amide) rings is 1. The molecule has 0 unspecified atom stereocenters. The second-order valence-electron chi connectivity index (χ2n) is 5.72. The first-order valence-electron chi connectivity index (χ1n) is 7.91. The molecule has 0 bridgehead atoms. The van der Waals surface area contributed by atoms with Gasteiger partial charge in [0.1, 0.15) is 11.4 Å².